The van der Waals surface area contributed by atoms with Crippen molar-refractivity contribution in [1.82, 2.24) is 5.32 Å². The van der Waals surface area contributed by atoms with Crippen molar-refractivity contribution in [3.63, 3.8) is 0 Å². The Bertz CT molecular complexity index is 569. The van der Waals surface area contributed by atoms with Crippen molar-refractivity contribution in [2.24, 2.45) is 0 Å². The standard InChI is InChI=1S/C27H48N2O2/c1-4-5-6-7-8-9-10-11-12-13-14-15-16-17-18-23-27(2,3)28-24-25-19-21-26(22-20-25)29(30)31/h19-22,28H,4-18,23-24H2,1-3H3. The number of rotatable bonds is 20. The second kappa shape index (κ2) is 17.2. The summed E-state index contributed by atoms with van der Waals surface area (Å²) in [7, 11) is 0. The molecule has 0 amide bonds. The van der Waals surface area contributed by atoms with Crippen LogP contribution >= 0.6 is 0 Å². The third kappa shape index (κ3) is 15.1. The van der Waals surface area contributed by atoms with Crippen molar-refractivity contribution >= 4 is 5.69 Å². The van der Waals surface area contributed by atoms with Crippen LogP contribution < -0.4 is 5.32 Å². The van der Waals surface area contributed by atoms with Crippen LogP contribution in [0.4, 0.5) is 5.69 Å². The fourth-order valence-corrected chi connectivity index (χ4v) is 4.10. The van der Waals surface area contributed by atoms with Crippen LogP contribution in [-0.2, 0) is 6.54 Å². The lowest BCUT2D eigenvalue weighted by molar-refractivity contribution is -0.384. The van der Waals surface area contributed by atoms with E-state index in [0.717, 1.165) is 18.5 Å². The van der Waals surface area contributed by atoms with E-state index in [2.05, 4.69) is 26.1 Å². The molecule has 0 spiro atoms. The zero-order valence-electron chi connectivity index (χ0n) is 20.6. The minimum absolute atomic E-state index is 0.0955. The van der Waals surface area contributed by atoms with Gasteiger partial charge in [0.2, 0.25) is 0 Å². The minimum atomic E-state index is -0.350. The largest absolute Gasteiger partial charge is 0.308 e. The van der Waals surface area contributed by atoms with Gasteiger partial charge in [0.1, 0.15) is 0 Å². The minimum Gasteiger partial charge on any atom is -0.308 e. The Morgan fingerprint density at radius 1 is 0.742 bits per heavy atom. The van der Waals surface area contributed by atoms with E-state index in [1.165, 1.54) is 96.3 Å². The maximum atomic E-state index is 10.7. The molecular weight excluding hydrogens is 384 g/mol. The number of unbranched alkanes of at least 4 members (excludes halogenated alkanes) is 14. The average Bonchev–Trinajstić information content (AvgIpc) is 2.75. The van der Waals surface area contributed by atoms with Gasteiger partial charge in [0.25, 0.3) is 5.69 Å². The Morgan fingerprint density at radius 3 is 1.58 bits per heavy atom. The molecule has 31 heavy (non-hydrogen) atoms. The Hall–Kier alpha value is -1.42. The van der Waals surface area contributed by atoms with Gasteiger partial charge in [0.05, 0.1) is 4.92 Å². The second-order valence-corrected chi connectivity index (χ2v) is 9.86. The molecule has 0 aliphatic rings. The van der Waals surface area contributed by atoms with Crippen LogP contribution in [0.5, 0.6) is 0 Å². The van der Waals surface area contributed by atoms with Gasteiger partial charge in [-0.15, -0.1) is 0 Å². The molecule has 0 atom stereocenters. The summed E-state index contributed by atoms with van der Waals surface area (Å²) in [6, 6.07) is 6.85. The highest BCUT2D eigenvalue weighted by Crippen LogP contribution is 2.18. The first kappa shape index (κ1) is 27.6. The van der Waals surface area contributed by atoms with E-state index in [4.69, 9.17) is 0 Å². The van der Waals surface area contributed by atoms with Gasteiger partial charge in [-0.3, -0.25) is 10.1 Å². The zero-order chi connectivity index (χ0) is 22.8. The molecule has 1 aromatic rings. The molecule has 0 aliphatic carbocycles. The first-order valence-electron chi connectivity index (χ1n) is 12.9. The maximum absolute atomic E-state index is 10.7. The SMILES string of the molecule is CCCCCCCCCCCCCCCCCC(C)(C)NCc1ccc([N+](=O)[O-])cc1. The number of hydrogen-bond donors (Lipinski definition) is 1. The van der Waals surface area contributed by atoms with E-state index in [9.17, 15) is 10.1 Å². The Kier molecular flexibility index (Phi) is 15.3. The van der Waals surface area contributed by atoms with Gasteiger partial charge in [0, 0.05) is 24.2 Å². The molecule has 0 saturated heterocycles. The van der Waals surface area contributed by atoms with Crippen molar-refractivity contribution in [3.8, 4) is 0 Å². The van der Waals surface area contributed by atoms with E-state index < -0.39 is 0 Å². The molecule has 178 valence electrons. The smallest absolute Gasteiger partial charge is 0.269 e. The molecule has 1 aromatic carbocycles. The van der Waals surface area contributed by atoms with Crippen LogP contribution in [0.2, 0.25) is 0 Å². The number of benzene rings is 1. The van der Waals surface area contributed by atoms with Crippen LogP contribution in [0, 0.1) is 10.1 Å². The third-order valence-electron chi connectivity index (χ3n) is 6.32. The number of nitrogens with zero attached hydrogens (tertiary/aromatic N) is 1. The van der Waals surface area contributed by atoms with E-state index in [1.54, 1.807) is 12.1 Å². The fraction of sp³-hybridized carbons (Fsp3) is 0.778. The van der Waals surface area contributed by atoms with Crippen LogP contribution in [0.1, 0.15) is 129 Å². The fourth-order valence-electron chi connectivity index (χ4n) is 4.10. The molecule has 0 radical (unpaired) electrons. The highest BCUT2D eigenvalue weighted by molar-refractivity contribution is 5.32. The van der Waals surface area contributed by atoms with Gasteiger partial charge < -0.3 is 5.32 Å². The topological polar surface area (TPSA) is 55.2 Å². The summed E-state index contributed by atoms with van der Waals surface area (Å²) in [5.41, 5.74) is 1.34. The number of nitro benzene ring substituents is 1. The molecule has 4 heteroatoms. The van der Waals surface area contributed by atoms with Crippen LogP contribution in [0.15, 0.2) is 24.3 Å². The molecule has 0 aromatic heterocycles. The lowest BCUT2D eigenvalue weighted by Crippen LogP contribution is -2.38. The van der Waals surface area contributed by atoms with Gasteiger partial charge in [-0.05, 0) is 25.8 Å². The number of non-ortho nitro benzene ring substituents is 1. The molecule has 0 saturated carbocycles. The number of nitrogens with one attached hydrogen (secondary N) is 1. The van der Waals surface area contributed by atoms with Gasteiger partial charge >= 0.3 is 0 Å². The highest BCUT2D eigenvalue weighted by atomic mass is 16.6. The summed E-state index contributed by atoms with van der Waals surface area (Å²) in [6.45, 7) is 7.54. The van der Waals surface area contributed by atoms with Crippen molar-refractivity contribution in [2.45, 2.75) is 136 Å². The van der Waals surface area contributed by atoms with Gasteiger partial charge in [0.15, 0.2) is 0 Å². The van der Waals surface area contributed by atoms with Crippen molar-refractivity contribution in [1.29, 1.82) is 0 Å². The zero-order valence-corrected chi connectivity index (χ0v) is 20.6. The maximum Gasteiger partial charge on any atom is 0.269 e. The van der Waals surface area contributed by atoms with Gasteiger partial charge in [-0.2, -0.15) is 0 Å². The van der Waals surface area contributed by atoms with E-state index in [1.807, 2.05) is 12.1 Å². The molecular formula is C27H48N2O2. The average molecular weight is 433 g/mol. The third-order valence-corrected chi connectivity index (χ3v) is 6.32. The second-order valence-electron chi connectivity index (χ2n) is 9.86. The van der Waals surface area contributed by atoms with Crippen molar-refractivity contribution in [2.75, 3.05) is 0 Å². The number of hydrogen-bond acceptors (Lipinski definition) is 3. The summed E-state index contributed by atoms with van der Waals surface area (Å²) in [6.07, 6.45) is 22.1. The summed E-state index contributed by atoms with van der Waals surface area (Å²) in [5.74, 6) is 0. The van der Waals surface area contributed by atoms with E-state index >= 15 is 0 Å². The highest BCUT2D eigenvalue weighted by Gasteiger charge is 2.16. The normalized spacial score (nSPS) is 11.7. The summed E-state index contributed by atoms with van der Waals surface area (Å²) in [4.78, 5) is 10.4. The van der Waals surface area contributed by atoms with Crippen molar-refractivity contribution < 1.29 is 4.92 Å². The summed E-state index contributed by atoms with van der Waals surface area (Å²) >= 11 is 0. The Morgan fingerprint density at radius 2 is 1.16 bits per heavy atom. The predicted molar refractivity (Wildman–Crippen MR) is 134 cm³/mol. The molecule has 0 heterocycles. The molecule has 0 bridgehead atoms. The van der Waals surface area contributed by atoms with E-state index in [0.29, 0.717) is 0 Å². The first-order valence-corrected chi connectivity index (χ1v) is 12.9. The Balaban J connectivity index is 1.94. The Labute approximate surface area is 191 Å². The lowest BCUT2D eigenvalue weighted by Gasteiger charge is -2.26. The number of nitro groups is 1. The van der Waals surface area contributed by atoms with Gasteiger partial charge in [-0.1, -0.05) is 115 Å². The molecule has 1 rings (SSSR count). The van der Waals surface area contributed by atoms with Gasteiger partial charge in [-0.25, -0.2) is 0 Å². The molecule has 0 unspecified atom stereocenters. The molecule has 0 fully saturated rings. The first-order chi connectivity index (χ1) is 14.9. The molecule has 0 aliphatic heterocycles. The molecule has 4 nitrogen and oxygen atoms in total. The van der Waals surface area contributed by atoms with E-state index in [-0.39, 0.29) is 16.1 Å². The summed E-state index contributed by atoms with van der Waals surface area (Å²) in [5, 5.41) is 14.3. The molecule has 1 N–H and O–H groups in total. The van der Waals surface area contributed by atoms with Crippen molar-refractivity contribution in [3.05, 3.63) is 39.9 Å². The van der Waals surface area contributed by atoms with Crippen LogP contribution in [0.3, 0.4) is 0 Å². The van der Waals surface area contributed by atoms with Crippen LogP contribution in [-0.4, -0.2) is 10.5 Å². The lowest BCUT2D eigenvalue weighted by atomic mass is 9.95. The monoisotopic (exact) mass is 432 g/mol. The predicted octanol–water partition coefficient (Wildman–Crippen LogP) is 8.72. The summed E-state index contributed by atoms with van der Waals surface area (Å²) < 4.78 is 0. The van der Waals surface area contributed by atoms with Crippen LogP contribution in [0.25, 0.3) is 0 Å². The quantitative estimate of drug-likeness (QED) is 0.127.